The van der Waals surface area contributed by atoms with E-state index in [0.29, 0.717) is 0 Å². The first kappa shape index (κ1) is 9.48. The van der Waals surface area contributed by atoms with Gasteiger partial charge in [-0.1, -0.05) is 13.8 Å². The van der Waals surface area contributed by atoms with Gasteiger partial charge >= 0.3 is 0 Å². The van der Waals surface area contributed by atoms with E-state index in [2.05, 4.69) is 5.73 Å². The van der Waals surface area contributed by atoms with Crippen molar-refractivity contribution < 1.29 is 5.11 Å². The Morgan fingerprint density at radius 2 is 1.90 bits per heavy atom. The molecule has 0 aliphatic carbocycles. The van der Waals surface area contributed by atoms with Crippen LogP contribution in [0.15, 0.2) is 17.4 Å². The number of rotatable bonds is 2. The summed E-state index contributed by atoms with van der Waals surface area (Å²) in [5.41, 5.74) is 4.07. The van der Waals surface area contributed by atoms with Gasteiger partial charge in [-0.15, -0.1) is 5.73 Å². The lowest BCUT2D eigenvalue weighted by Gasteiger charge is -2.06. The molecule has 1 atom stereocenters. The van der Waals surface area contributed by atoms with Crippen LogP contribution in [0.5, 0.6) is 0 Å². The molecule has 0 aliphatic heterocycles. The predicted octanol–water partition coefficient (Wildman–Crippen LogP) is 2.12. The summed E-state index contributed by atoms with van der Waals surface area (Å²) in [6, 6.07) is 0. The van der Waals surface area contributed by atoms with Crippen molar-refractivity contribution in [2.75, 3.05) is 0 Å². The molecule has 1 nitrogen and oxygen atoms in total. The number of aliphatic hydroxyl groups is 1. The number of hydrogen-bond acceptors (Lipinski definition) is 1. The molecule has 0 spiro atoms. The molecule has 0 saturated heterocycles. The molecule has 0 radical (unpaired) electrons. The van der Waals surface area contributed by atoms with E-state index in [0.717, 1.165) is 5.57 Å². The predicted molar refractivity (Wildman–Crippen MR) is 43.8 cm³/mol. The lowest BCUT2D eigenvalue weighted by Crippen LogP contribution is -2.09. The van der Waals surface area contributed by atoms with Crippen molar-refractivity contribution in [3.05, 3.63) is 17.4 Å². The van der Waals surface area contributed by atoms with Crippen LogP contribution in [-0.2, 0) is 0 Å². The fraction of sp³-hybridized carbons (Fsp3) is 0.667. The molecule has 0 heterocycles. The smallest absolute Gasteiger partial charge is 0.0817 e. The molecule has 10 heavy (non-hydrogen) atoms. The van der Waals surface area contributed by atoms with Gasteiger partial charge in [0.1, 0.15) is 0 Å². The van der Waals surface area contributed by atoms with Crippen LogP contribution in [0.25, 0.3) is 0 Å². The first-order valence-electron chi connectivity index (χ1n) is 3.62. The van der Waals surface area contributed by atoms with Crippen molar-refractivity contribution in [2.45, 2.75) is 33.8 Å². The summed E-state index contributed by atoms with van der Waals surface area (Å²) < 4.78 is 0. The first-order valence-corrected chi connectivity index (χ1v) is 3.62. The maximum atomic E-state index is 9.24. The Morgan fingerprint density at radius 3 is 2.20 bits per heavy atom. The summed E-state index contributed by atoms with van der Waals surface area (Å²) in [6.45, 7) is 7.88. The zero-order valence-electron chi connectivity index (χ0n) is 7.18. The molecular formula is C9H16O. The van der Waals surface area contributed by atoms with E-state index in [1.165, 1.54) is 0 Å². The highest BCUT2D eigenvalue weighted by atomic mass is 16.3. The summed E-state index contributed by atoms with van der Waals surface area (Å²) in [5, 5.41) is 9.24. The Bertz CT molecular complexity index is 146. The van der Waals surface area contributed by atoms with Gasteiger partial charge in [-0.05, 0) is 31.4 Å². The standard InChI is InChI=1S/C9H16O/c1-7(2)5-6-9(10)8(3)4/h6,8-10H,1-4H3. The minimum Gasteiger partial charge on any atom is -0.388 e. The van der Waals surface area contributed by atoms with Crippen LogP contribution >= 0.6 is 0 Å². The lowest BCUT2D eigenvalue weighted by atomic mass is 10.1. The van der Waals surface area contributed by atoms with Crippen molar-refractivity contribution in [1.82, 2.24) is 0 Å². The van der Waals surface area contributed by atoms with Gasteiger partial charge in [-0.25, -0.2) is 0 Å². The van der Waals surface area contributed by atoms with E-state index in [4.69, 9.17) is 0 Å². The largest absolute Gasteiger partial charge is 0.388 e. The Morgan fingerprint density at radius 1 is 1.40 bits per heavy atom. The van der Waals surface area contributed by atoms with Gasteiger partial charge < -0.3 is 5.11 Å². The summed E-state index contributed by atoms with van der Waals surface area (Å²) >= 11 is 0. The van der Waals surface area contributed by atoms with Crippen LogP contribution in [-0.4, -0.2) is 11.2 Å². The van der Waals surface area contributed by atoms with Crippen molar-refractivity contribution in [3.63, 3.8) is 0 Å². The van der Waals surface area contributed by atoms with E-state index in [9.17, 15) is 5.11 Å². The average Bonchev–Trinajstić information content (AvgIpc) is 1.82. The van der Waals surface area contributed by atoms with Crippen molar-refractivity contribution in [2.24, 2.45) is 5.92 Å². The first-order chi connectivity index (χ1) is 4.54. The second kappa shape index (κ2) is 4.32. The van der Waals surface area contributed by atoms with E-state index in [-0.39, 0.29) is 12.0 Å². The third kappa shape index (κ3) is 4.37. The lowest BCUT2D eigenvalue weighted by molar-refractivity contribution is 0.172. The second-order valence-corrected chi connectivity index (χ2v) is 3.05. The molecule has 0 aromatic rings. The van der Waals surface area contributed by atoms with Crippen LogP contribution < -0.4 is 0 Å². The topological polar surface area (TPSA) is 20.2 Å². The molecule has 1 heteroatoms. The third-order valence-corrected chi connectivity index (χ3v) is 1.23. The highest BCUT2D eigenvalue weighted by molar-refractivity contribution is 4.97. The van der Waals surface area contributed by atoms with Crippen LogP contribution in [0.2, 0.25) is 0 Å². The van der Waals surface area contributed by atoms with Gasteiger partial charge in [0.25, 0.3) is 0 Å². The molecule has 0 saturated carbocycles. The molecule has 0 rings (SSSR count). The van der Waals surface area contributed by atoms with Gasteiger partial charge in [0.15, 0.2) is 0 Å². The van der Waals surface area contributed by atoms with Crippen molar-refractivity contribution >= 4 is 0 Å². The quantitative estimate of drug-likeness (QED) is 0.582. The SMILES string of the molecule is CC(C)=C=CC(O)C(C)C. The molecule has 1 N–H and O–H groups in total. The minimum atomic E-state index is -0.352. The third-order valence-electron chi connectivity index (χ3n) is 1.23. The van der Waals surface area contributed by atoms with E-state index in [1.54, 1.807) is 6.08 Å². The summed E-state index contributed by atoms with van der Waals surface area (Å²) in [5.74, 6) is 0.284. The van der Waals surface area contributed by atoms with Crippen LogP contribution in [0.1, 0.15) is 27.7 Å². The van der Waals surface area contributed by atoms with E-state index >= 15 is 0 Å². The van der Waals surface area contributed by atoms with E-state index < -0.39 is 0 Å². The van der Waals surface area contributed by atoms with Gasteiger partial charge in [0, 0.05) is 0 Å². The molecule has 0 aliphatic rings. The maximum Gasteiger partial charge on any atom is 0.0817 e. The molecule has 0 bridgehead atoms. The molecule has 1 unspecified atom stereocenters. The van der Waals surface area contributed by atoms with Crippen molar-refractivity contribution in [3.8, 4) is 0 Å². The normalized spacial score (nSPS) is 12.6. The Labute approximate surface area is 63.1 Å². The fourth-order valence-electron chi connectivity index (χ4n) is 0.444. The number of hydrogen-bond donors (Lipinski definition) is 1. The molecule has 0 fully saturated rings. The van der Waals surface area contributed by atoms with Gasteiger partial charge in [-0.2, -0.15) is 0 Å². The second-order valence-electron chi connectivity index (χ2n) is 3.05. The Hall–Kier alpha value is -0.520. The van der Waals surface area contributed by atoms with E-state index in [1.807, 2.05) is 27.7 Å². The average molecular weight is 140 g/mol. The zero-order chi connectivity index (χ0) is 8.15. The summed E-state index contributed by atoms with van der Waals surface area (Å²) in [4.78, 5) is 0. The molecule has 0 amide bonds. The van der Waals surface area contributed by atoms with Crippen LogP contribution in [0.4, 0.5) is 0 Å². The number of aliphatic hydroxyl groups excluding tert-OH is 1. The fourth-order valence-corrected chi connectivity index (χ4v) is 0.444. The van der Waals surface area contributed by atoms with Gasteiger partial charge in [0.05, 0.1) is 6.10 Å². The molecule has 0 aromatic carbocycles. The summed E-state index contributed by atoms with van der Waals surface area (Å²) in [7, 11) is 0. The van der Waals surface area contributed by atoms with Gasteiger partial charge in [-0.3, -0.25) is 0 Å². The molecule has 58 valence electrons. The highest BCUT2D eigenvalue weighted by Crippen LogP contribution is 2.01. The molecule has 0 aromatic heterocycles. The van der Waals surface area contributed by atoms with Crippen LogP contribution in [0.3, 0.4) is 0 Å². The highest BCUT2D eigenvalue weighted by Gasteiger charge is 2.02. The summed E-state index contributed by atoms with van der Waals surface area (Å²) in [6.07, 6.45) is 1.36. The van der Waals surface area contributed by atoms with Crippen LogP contribution in [0, 0.1) is 5.92 Å². The molecular weight excluding hydrogens is 124 g/mol. The van der Waals surface area contributed by atoms with Gasteiger partial charge in [0.2, 0.25) is 0 Å². The Balaban J connectivity index is 4.02. The monoisotopic (exact) mass is 140 g/mol. The maximum absolute atomic E-state index is 9.24. The minimum absolute atomic E-state index is 0.284. The Kier molecular flexibility index (Phi) is 4.10. The van der Waals surface area contributed by atoms with Crippen molar-refractivity contribution in [1.29, 1.82) is 0 Å². The zero-order valence-corrected chi connectivity index (χ0v) is 7.18.